The molecule has 1 unspecified atom stereocenters. The van der Waals surface area contributed by atoms with Crippen LogP contribution in [0.25, 0.3) is 27.7 Å². The monoisotopic (exact) mass is 1110 g/mol. The Labute approximate surface area is 467 Å². The summed E-state index contributed by atoms with van der Waals surface area (Å²) in [6.07, 6.45) is 5.14. The van der Waals surface area contributed by atoms with E-state index in [1.165, 1.54) is 9.58 Å². The van der Waals surface area contributed by atoms with Crippen molar-refractivity contribution in [3.63, 3.8) is 0 Å². The smallest absolute Gasteiger partial charge is 0.406 e. The molecule has 8 aliphatic heterocycles. The van der Waals surface area contributed by atoms with Crippen LogP contribution in [0.3, 0.4) is 0 Å². The number of carbonyl (C=O) groups excluding carboxylic acids is 4. The fourth-order valence-corrected chi connectivity index (χ4v) is 14.3. The third-order valence-corrected chi connectivity index (χ3v) is 18.4. The molecule has 6 atom stereocenters. The Morgan fingerprint density at radius 2 is 1.76 bits per heavy atom. The lowest BCUT2D eigenvalue weighted by atomic mass is 9.83. The van der Waals surface area contributed by atoms with Gasteiger partial charge in [-0.3, -0.25) is 43.9 Å². The van der Waals surface area contributed by atoms with E-state index >= 15 is 22.8 Å². The first-order chi connectivity index (χ1) is 38.4. The number of alkyl halides is 3. The minimum absolute atomic E-state index is 0.0393. The first-order valence-electron chi connectivity index (χ1n) is 29.5. The second-order valence-corrected chi connectivity index (χ2v) is 25.5. The SMILES string of the molecule is CC(C)c1ncc(N2CCN3CCOC[C@@H]3C2)cc1-c1c2c3cc(ccc3n1CC(F)(F)F)C1=CCCN(C1)C[C@H](NC(=O)[C@H](C1CCCC1)N1CCOC3(CN(C(=O)[C@H]4CN4)C3)C1)C(=O)N1CCC[C@H](N1)C(=O)OCC(C)(C)C2. The van der Waals surface area contributed by atoms with Gasteiger partial charge in [-0.25, -0.2) is 5.43 Å². The minimum atomic E-state index is -4.57. The number of pyridine rings is 1. The van der Waals surface area contributed by atoms with Gasteiger partial charge in [-0.2, -0.15) is 13.2 Å². The number of hydrazine groups is 1. The van der Waals surface area contributed by atoms with E-state index in [4.69, 9.17) is 19.2 Å². The number of morpholine rings is 2. The number of nitrogens with one attached hydrogen (secondary N) is 3. The summed E-state index contributed by atoms with van der Waals surface area (Å²) in [5, 5.41) is 8.58. The molecular weight excluding hydrogens is 1030 g/mol. The van der Waals surface area contributed by atoms with E-state index in [-0.39, 0.29) is 61.2 Å². The van der Waals surface area contributed by atoms with E-state index < -0.39 is 47.8 Å². The van der Waals surface area contributed by atoms with Gasteiger partial charge in [0, 0.05) is 93.9 Å². The highest BCUT2D eigenvalue weighted by Crippen LogP contribution is 2.44. The number of amides is 3. The molecule has 18 nitrogen and oxygen atoms in total. The van der Waals surface area contributed by atoms with Crippen molar-refractivity contribution in [2.24, 2.45) is 11.3 Å². The van der Waals surface area contributed by atoms with Crippen molar-refractivity contribution in [2.45, 2.75) is 134 Å². The number of cyclic esters (lactones) is 1. The van der Waals surface area contributed by atoms with Crippen LogP contribution in [0.5, 0.6) is 0 Å². The molecule has 7 fully saturated rings. The van der Waals surface area contributed by atoms with Crippen LogP contribution in [0.4, 0.5) is 18.9 Å². The van der Waals surface area contributed by atoms with Crippen LogP contribution in [-0.2, 0) is 46.4 Å². The number of piperazine rings is 1. The highest BCUT2D eigenvalue weighted by atomic mass is 19.4. The Kier molecular flexibility index (Phi) is 15.4. The van der Waals surface area contributed by atoms with Crippen molar-refractivity contribution >= 4 is 45.9 Å². The van der Waals surface area contributed by atoms with Gasteiger partial charge >= 0.3 is 12.1 Å². The molecular formula is C59H80F3N11O7. The second kappa shape index (κ2) is 22.2. The fraction of sp³-hybridized carbons (Fsp3) is 0.678. The lowest BCUT2D eigenvalue weighted by Crippen LogP contribution is -2.73. The van der Waals surface area contributed by atoms with Gasteiger partial charge in [0.15, 0.2) is 0 Å². The molecule has 12 rings (SSSR count). The summed E-state index contributed by atoms with van der Waals surface area (Å²) in [4.78, 5) is 73.6. The second-order valence-electron chi connectivity index (χ2n) is 25.5. The first kappa shape index (κ1) is 55.4. The molecule has 3 aromatic rings. The molecule has 3 amide bonds. The summed E-state index contributed by atoms with van der Waals surface area (Å²) >= 11 is 0. The van der Waals surface area contributed by atoms with E-state index in [1.54, 1.807) is 0 Å². The van der Waals surface area contributed by atoms with Gasteiger partial charge in [0.1, 0.15) is 24.2 Å². The number of aromatic nitrogens is 2. The third kappa shape index (κ3) is 11.5. The number of fused-ring (bicyclic) bond motifs is 7. The lowest BCUT2D eigenvalue weighted by Gasteiger charge is -2.55. The molecule has 10 heterocycles. The number of likely N-dealkylation sites (tertiary alicyclic amines) is 1. The molecule has 9 aliphatic rings. The summed E-state index contributed by atoms with van der Waals surface area (Å²) in [7, 11) is 0. The molecule has 2 aromatic heterocycles. The van der Waals surface area contributed by atoms with Gasteiger partial charge in [-0.15, -0.1) is 0 Å². The normalized spacial score (nSPS) is 28.3. The average Bonchev–Trinajstić information content (AvgIpc) is 4.27. The zero-order valence-corrected chi connectivity index (χ0v) is 47.0. The summed E-state index contributed by atoms with van der Waals surface area (Å²) < 4.78 is 65.6. The maximum atomic E-state index is 15.2. The lowest BCUT2D eigenvalue weighted by molar-refractivity contribution is -0.197. The van der Waals surface area contributed by atoms with Crippen molar-refractivity contribution in [1.82, 2.24) is 50.2 Å². The van der Waals surface area contributed by atoms with Crippen LogP contribution in [-0.4, -0.2) is 211 Å². The zero-order valence-electron chi connectivity index (χ0n) is 47.0. The Balaban J connectivity index is 0.897. The Bertz CT molecular complexity index is 2880. The summed E-state index contributed by atoms with van der Waals surface area (Å²) in [6.45, 7) is 15.9. The first-order valence-corrected chi connectivity index (χ1v) is 29.5. The Hall–Kier alpha value is -5.16. The van der Waals surface area contributed by atoms with Crippen molar-refractivity contribution in [3.05, 3.63) is 53.4 Å². The van der Waals surface area contributed by atoms with Gasteiger partial charge in [0.25, 0.3) is 5.91 Å². The number of benzene rings is 1. The highest BCUT2D eigenvalue weighted by molar-refractivity contribution is 5.95. The largest absolute Gasteiger partial charge is 0.464 e. The van der Waals surface area contributed by atoms with Gasteiger partial charge in [-0.05, 0) is 85.3 Å². The van der Waals surface area contributed by atoms with E-state index in [0.29, 0.717) is 126 Å². The number of hydrogen-bond donors (Lipinski definition) is 3. The number of rotatable bonds is 9. The molecule has 3 N–H and O–H groups in total. The molecule has 6 bridgehead atoms. The van der Waals surface area contributed by atoms with Gasteiger partial charge in [0.2, 0.25) is 11.8 Å². The maximum absolute atomic E-state index is 15.2. The number of carbonyl (C=O) groups is 4. The van der Waals surface area contributed by atoms with Crippen LogP contribution in [0.15, 0.2) is 36.5 Å². The zero-order chi connectivity index (χ0) is 55.7. The highest BCUT2D eigenvalue weighted by Gasteiger charge is 2.53. The minimum Gasteiger partial charge on any atom is -0.464 e. The van der Waals surface area contributed by atoms with Crippen LogP contribution in [0.1, 0.15) is 95.4 Å². The standard InChI is InChI=1S/C59H80F3N11O7/c1-37(2)50-44(24-41(26-64-50)69-18-17-68-19-21-78-31-42(68)29-69)52-45-25-57(3,4)36-79-56(77)46-12-8-16-73(66-46)55(76)48(30-67-15-7-11-40(28-67)39-13-14-49(43(45)23-39)72(52)35-59(60,61)62)65-53(74)51(38-9-5-6-10-38)70-20-22-80-58(32-70)33-71(34-58)54(75)47-27-63-47/h11,13-14,23-24,26,37-38,42,46-48,51,63,66H,5-10,12,15-22,25,27-36H2,1-4H3,(H,65,74)/t42-,46-,47+,48-,51-/m0/s1. The number of esters is 1. The molecule has 1 aromatic carbocycles. The van der Waals surface area contributed by atoms with Crippen molar-refractivity contribution < 1.29 is 46.6 Å². The topological polar surface area (TPSA) is 179 Å². The molecule has 1 aliphatic carbocycles. The van der Waals surface area contributed by atoms with E-state index in [9.17, 15) is 9.59 Å². The predicted molar refractivity (Wildman–Crippen MR) is 295 cm³/mol. The number of hydrogen-bond acceptors (Lipinski definition) is 14. The van der Waals surface area contributed by atoms with E-state index in [1.807, 2.05) is 63.1 Å². The van der Waals surface area contributed by atoms with Crippen LogP contribution in [0.2, 0.25) is 0 Å². The number of halogens is 3. The van der Waals surface area contributed by atoms with E-state index in [2.05, 4.69) is 41.7 Å². The molecule has 0 radical (unpaired) electrons. The fourth-order valence-electron chi connectivity index (χ4n) is 14.3. The molecule has 21 heteroatoms. The summed E-state index contributed by atoms with van der Waals surface area (Å²) in [6, 6.07) is 5.52. The molecule has 434 valence electrons. The molecule has 1 spiro atoms. The van der Waals surface area contributed by atoms with Crippen molar-refractivity contribution in [1.29, 1.82) is 0 Å². The average molecular weight is 1110 g/mol. The summed E-state index contributed by atoms with van der Waals surface area (Å²) in [5.74, 6) is -1.05. The number of anilines is 1. The molecule has 80 heavy (non-hydrogen) atoms. The predicted octanol–water partition coefficient (Wildman–Crippen LogP) is 4.55. The van der Waals surface area contributed by atoms with Gasteiger partial charge in [0.05, 0.1) is 80.9 Å². The summed E-state index contributed by atoms with van der Waals surface area (Å²) in [5.41, 5.74) is 7.53. The maximum Gasteiger partial charge on any atom is 0.406 e. The van der Waals surface area contributed by atoms with Crippen molar-refractivity contribution in [2.75, 3.05) is 116 Å². The van der Waals surface area contributed by atoms with Gasteiger partial charge < -0.3 is 39.2 Å². The molecule has 1 saturated carbocycles. The van der Waals surface area contributed by atoms with E-state index in [0.717, 1.165) is 67.7 Å². The number of ether oxygens (including phenoxy) is 3. The quantitative estimate of drug-likeness (QED) is 0.201. The third-order valence-electron chi connectivity index (χ3n) is 18.4. The van der Waals surface area contributed by atoms with Crippen LogP contribution in [0, 0.1) is 11.3 Å². The Morgan fingerprint density at radius 3 is 2.54 bits per heavy atom. The van der Waals surface area contributed by atoms with Crippen molar-refractivity contribution in [3.8, 4) is 11.3 Å². The van der Waals surface area contributed by atoms with Crippen LogP contribution < -0.4 is 21.0 Å². The van der Waals surface area contributed by atoms with Gasteiger partial charge in [-0.1, -0.05) is 52.7 Å². The van der Waals surface area contributed by atoms with Crippen LogP contribution >= 0.6 is 0 Å². The number of nitrogens with zero attached hydrogens (tertiary/aromatic N) is 8. The Morgan fingerprint density at radius 1 is 0.950 bits per heavy atom. The molecule has 6 saturated heterocycles.